The van der Waals surface area contributed by atoms with E-state index >= 15 is 0 Å². The highest BCUT2D eigenvalue weighted by Crippen LogP contribution is 2.35. The van der Waals surface area contributed by atoms with Crippen LogP contribution in [0.1, 0.15) is 15.9 Å². The molecule has 5 nitrogen and oxygen atoms in total. The molecule has 3 N–H and O–H groups in total. The van der Waals surface area contributed by atoms with E-state index in [4.69, 9.17) is 10.5 Å². The Morgan fingerprint density at radius 3 is 2.65 bits per heavy atom. The summed E-state index contributed by atoms with van der Waals surface area (Å²) < 4.78 is 5.77. The molecule has 0 fully saturated rings. The predicted molar refractivity (Wildman–Crippen MR) is 73.8 cm³/mol. The minimum atomic E-state index is -0.553. The van der Waals surface area contributed by atoms with Gasteiger partial charge in [0.05, 0.1) is 12.0 Å². The molecular weight excluding hydrogens is 256 g/mol. The maximum absolute atomic E-state index is 11.4. The summed E-state index contributed by atoms with van der Waals surface area (Å²) in [5.41, 5.74) is 7.15. The molecule has 0 radical (unpaired) electrons. The van der Waals surface area contributed by atoms with Crippen molar-refractivity contribution in [3.63, 3.8) is 0 Å². The topological polar surface area (TPSA) is 81.4 Å². The average Bonchev–Trinajstić information content (AvgIpc) is 2.80. The van der Waals surface area contributed by atoms with Gasteiger partial charge in [0.1, 0.15) is 11.5 Å². The van der Waals surface area contributed by atoms with Crippen molar-refractivity contribution in [1.82, 2.24) is 0 Å². The quantitative estimate of drug-likeness (QED) is 0.894. The summed E-state index contributed by atoms with van der Waals surface area (Å²) in [5, 5.41) is 2.75. The number of hydrogen-bond acceptors (Lipinski definition) is 3. The smallest absolute Gasteiger partial charge is 0.252 e. The normalized spacial score (nSPS) is 12.7. The Kier molecular flexibility index (Phi) is 2.87. The van der Waals surface area contributed by atoms with E-state index in [0.29, 0.717) is 17.1 Å². The van der Waals surface area contributed by atoms with Crippen LogP contribution in [-0.2, 0) is 11.2 Å². The predicted octanol–water partition coefficient (Wildman–Crippen LogP) is 2.07. The maximum Gasteiger partial charge on any atom is 0.252 e. The van der Waals surface area contributed by atoms with Gasteiger partial charge in [-0.15, -0.1) is 0 Å². The fourth-order valence-electron chi connectivity index (χ4n) is 2.19. The summed E-state index contributed by atoms with van der Waals surface area (Å²) in [6.45, 7) is 0. The summed E-state index contributed by atoms with van der Waals surface area (Å²) >= 11 is 0. The van der Waals surface area contributed by atoms with Gasteiger partial charge in [-0.05, 0) is 24.3 Å². The number of rotatable bonds is 3. The minimum absolute atomic E-state index is 0.0702. The van der Waals surface area contributed by atoms with E-state index in [2.05, 4.69) is 5.32 Å². The monoisotopic (exact) mass is 268 g/mol. The van der Waals surface area contributed by atoms with Crippen LogP contribution in [0.25, 0.3) is 0 Å². The molecule has 3 rings (SSSR count). The van der Waals surface area contributed by atoms with Crippen LogP contribution in [0.4, 0.5) is 5.69 Å². The molecule has 100 valence electrons. The van der Waals surface area contributed by atoms with E-state index in [1.165, 1.54) is 0 Å². The third-order valence-corrected chi connectivity index (χ3v) is 3.12. The molecule has 0 bridgehead atoms. The Morgan fingerprint density at radius 2 is 1.85 bits per heavy atom. The number of ether oxygens (including phenoxy) is 1. The summed E-state index contributed by atoms with van der Waals surface area (Å²) in [6, 6.07) is 12.1. The third-order valence-electron chi connectivity index (χ3n) is 3.12. The number of amides is 2. The number of para-hydroxylation sites is 1. The Labute approximate surface area is 115 Å². The third kappa shape index (κ3) is 2.09. The number of hydrogen-bond donors (Lipinski definition) is 2. The first kappa shape index (κ1) is 12.2. The first-order chi connectivity index (χ1) is 9.65. The SMILES string of the molecule is NC(=O)c1ccccc1Oc1cccc2c1CC(=O)N2. The lowest BCUT2D eigenvalue weighted by Gasteiger charge is -2.11. The zero-order valence-corrected chi connectivity index (χ0v) is 10.6. The van der Waals surface area contributed by atoms with Gasteiger partial charge in [0.2, 0.25) is 5.91 Å². The lowest BCUT2D eigenvalue weighted by molar-refractivity contribution is -0.115. The van der Waals surface area contributed by atoms with Crippen LogP contribution >= 0.6 is 0 Å². The van der Waals surface area contributed by atoms with Gasteiger partial charge in [0, 0.05) is 11.3 Å². The van der Waals surface area contributed by atoms with Crippen LogP contribution in [0.3, 0.4) is 0 Å². The first-order valence-electron chi connectivity index (χ1n) is 6.13. The number of benzene rings is 2. The van der Waals surface area contributed by atoms with E-state index in [1.54, 1.807) is 36.4 Å². The molecular formula is C15H12N2O3. The fraction of sp³-hybridized carbons (Fsp3) is 0.0667. The Bertz CT molecular complexity index is 710. The Hall–Kier alpha value is -2.82. The largest absolute Gasteiger partial charge is 0.456 e. The minimum Gasteiger partial charge on any atom is -0.456 e. The van der Waals surface area contributed by atoms with Crippen LogP contribution in [0, 0.1) is 0 Å². The van der Waals surface area contributed by atoms with E-state index in [1.807, 2.05) is 6.07 Å². The van der Waals surface area contributed by atoms with Gasteiger partial charge in [-0.3, -0.25) is 9.59 Å². The number of nitrogens with one attached hydrogen (secondary N) is 1. The van der Waals surface area contributed by atoms with Crippen LogP contribution in [-0.4, -0.2) is 11.8 Å². The molecule has 2 aromatic rings. The molecule has 20 heavy (non-hydrogen) atoms. The van der Waals surface area contributed by atoms with Crippen LogP contribution in [0.2, 0.25) is 0 Å². The summed E-state index contributed by atoms with van der Waals surface area (Å²) in [6.07, 6.45) is 0.268. The van der Waals surface area contributed by atoms with E-state index < -0.39 is 5.91 Å². The summed E-state index contributed by atoms with van der Waals surface area (Å²) in [7, 11) is 0. The molecule has 2 aromatic carbocycles. The second kappa shape index (κ2) is 4.70. The summed E-state index contributed by atoms with van der Waals surface area (Å²) in [5.74, 6) is 0.309. The standard InChI is InChI=1S/C15H12N2O3/c16-15(19)9-4-1-2-6-12(9)20-13-7-3-5-11-10(13)8-14(18)17-11/h1-7H,8H2,(H2,16,19)(H,17,18). The lowest BCUT2D eigenvalue weighted by atomic mass is 10.1. The number of nitrogens with two attached hydrogens (primary N) is 1. The molecule has 0 atom stereocenters. The van der Waals surface area contributed by atoms with E-state index in [-0.39, 0.29) is 12.3 Å². The van der Waals surface area contributed by atoms with Crippen molar-refractivity contribution in [3.05, 3.63) is 53.6 Å². The van der Waals surface area contributed by atoms with Crippen LogP contribution in [0.15, 0.2) is 42.5 Å². The van der Waals surface area contributed by atoms with Crippen molar-refractivity contribution >= 4 is 17.5 Å². The van der Waals surface area contributed by atoms with Crippen molar-refractivity contribution in [3.8, 4) is 11.5 Å². The molecule has 0 aliphatic carbocycles. The molecule has 0 saturated carbocycles. The second-order valence-corrected chi connectivity index (χ2v) is 4.47. The van der Waals surface area contributed by atoms with Gasteiger partial charge in [0.25, 0.3) is 5.91 Å². The van der Waals surface area contributed by atoms with Gasteiger partial charge in [-0.25, -0.2) is 0 Å². The first-order valence-corrected chi connectivity index (χ1v) is 6.13. The molecule has 5 heteroatoms. The summed E-state index contributed by atoms with van der Waals surface area (Å²) in [4.78, 5) is 22.8. The molecule has 1 aliphatic heterocycles. The molecule has 1 heterocycles. The van der Waals surface area contributed by atoms with Gasteiger partial charge < -0.3 is 15.8 Å². The van der Waals surface area contributed by atoms with Crippen molar-refractivity contribution in [1.29, 1.82) is 0 Å². The van der Waals surface area contributed by atoms with E-state index in [9.17, 15) is 9.59 Å². The molecule has 1 aliphatic rings. The van der Waals surface area contributed by atoms with Gasteiger partial charge >= 0.3 is 0 Å². The molecule has 2 amide bonds. The molecule has 0 aromatic heterocycles. The number of carbonyl (C=O) groups excluding carboxylic acids is 2. The van der Waals surface area contributed by atoms with E-state index in [0.717, 1.165) is 11.3 Å². The number of primary amides is 1. The highest BCUT2D eigenvalue weighted by Gasteiger charge is 2.22. The second-order valence-electron chi connectivity index (χ2n) is 4.47. The number of carbonyl (C=O) groups is 2. The molecule has 0 spiro atoms. The molecule has 0 saturated heterocycles. The average molecular weight is 268 g/mol. The Balaban J connectivity index is 2.00. The van der Waals surface area contributed by atoms with Crippen molar-refractivity contribution in [2.45, 2.75) is 6.42 Å². The number of anilines is 1. The van der Waals surface area contributed by atoms with Gasteiger partial charge in [-0.2, -0.15) is 0 Å². The lowest BCUT2D eigenvalue weighted by Crippen LogP contribution is -2.12. The van der Waals surface area contributed by atoms with Crippen molar-refractivity contribution < 1.29 is 14.3 Å². The molecule has 0 unspecified atom stereocenters. The van der Waals surface area contributed by atoms with Gasteiger partial charge in [-0.1, -0.05) is 18.2 Å². The highest BCUT2D eigenvalue weighted by molar-refractivity contribution is 6.00. The van der Waals surface area contributed by atoms with Crippen molar-refractivity contribution in [2.24, 2.45) is 5.73 Å². The number of fused-ring (bicyclic) bond motifs is 1. The van der Waals surface area contributed by atoms with Crippen molar-refractivity contribution in [2.75, 3.05) is 5.32 Å². The fourth-order valence-corrected chi connectivity index (χ4v) is 2.19. The zero-order valence-electron chi connectivity index (χ0n) is 10.6. The van der Waals surface area contributed by atoms with Crippen LogP contribution in [0.5, 0.6) is 11.5 Å². The van der Waals surface area contributed by atoms with Gasteiger partial charge in [0.15, 0.2) is 0 Å². The highest BCUT2D eigenvalue weighted by atomic mass is 16.5. The zero-order chi connectivity index (χ0) is 14.1. The Morgan fingerprint density at radius 1 is 1.10 bits per heavy atom. The maximum atomic E-state index is 11.4. The van der Waals surface area contributed by atoms with Crippen LogP contribution < -0.4 is 15.8 Å².